The van der Waals surface area contributed by atoms with Gasteiger partial charge in [0.2, 0.25) is 5.95 Å². The molecule has 0 N–H and O–H groups in total. The van der Waals surface area contributed by atoms with Crippen LogP contribution in [0.3, 0.4) is 0 Å². The van der Waals surface area contributed by atoms with Gasteiger partial charge >= 0.3 is 0 Å². The Labute approximate surface area is 101 Å². The molecule has 4 nitrogen and oxygen atoms in total. The Bertz CT molecular complexity index is 344. The Morgan fingerprint density at radius 3 is 2.81 bits per heavy atom. The van der Waals surface area contributed by atoms with Crippen LogP contribution in [0.4, 0.5) is 5.95 Å². The minimum Gasteiger partial charge on any atom is -0.367 e. The number of hydrogen-bond acceptors (Lipinski definition) is 4. The lowest BCUT2D eigenvalue weighted by atomic mass is 10.1. The second-order valence-electron chi connectivity index (χ2n) is 4.58. The first-order chi connectivity index (χ1) is 7.61. The third-order valence-electron chi connectivity index (χ3n) is 2.49. The number of anilines is 1. The summed E-state index contributed by atoms with van der Waals surface area (Å²) in [4.78, 5) is 10.6. The lowest BCUT2D eigenvalue weighted by molar-refractivity contribution is -0.0738. The Morgan fingerprint density at radius 2 is 2.19 bits per heavy atom. The number of halogens is 1. The zero-order valence-electron chi connectivity index (χ0n) is 9.56. The van der Waals surface area contributed by atoms with Crippen LogP contribution in [0.25, 0.3) is 0 Å². The summed E-state index contributed by atoms with van der Waals surface area (Å²) in [5, 5.41) is 0. The molecule has 0 aromatic carbocycles. The smallest absolute Gasteiger partial charge is 0.225 e. The Balaban J connectivity index is 2.16. The van der Waals surface area contributed by atoms with Crippen LogP contribution < -0.4 is 4.90 Å². The SMILES string of the molecule is CC1(C)CN(c2ncccn2)CC(CCl)O1. The van der Waals surface area contributed by atoms with Crippen LogP contribution in [0.2, 0.25) is 0 Å². The highest BCUT2D eigenvalue weighted by Gasteiger charge is 2.33. The minimum atomic E-state index is -0.211. The average Bonchev–Trinajstić information content (AvgIpc) is 2.28. The van der Waals surface area contributed by atoms with Crippen molar-refractivity contribution in [2.24, 2.45) is 0 Å². The van der Waals surface area contributed by atoms with Crippen LogP contribution in [-0.2, 0) is 4.74 Å². The molecule has 2 heterocycles. The molecule has 1 aliphatic rings. The molecule has 1 saturated heterocycles. The number of ether oxygens (including phenoxy) is 1. The van der Waals surface area contributed by atoms with Crippen LogP contribution in [-0.4, -0.2) is 40.6 Å². The zero-order chi connectivity index (χ0) is 11.6. The van der Waals surface area contributed by atoms with Gasteiger partial charge in [-0.1, -0.05) is 0 Å². The largest absolute Gasteiger partial charge is 0.367 e. The number of rotatable bonds is 2. The van der Waals surface area contributed by atoms with E-state index < -0.39 is 0 Å². The van der Waals surface area contributed by atoms with Crippen LogP contribution in [0.15, 0.2) is 18.5 Å². The van der Waals surface area contributed by atoms with Crippen LogP contribution in [0.5, 0.6) is 0 Å². The molecule has 1 atom stereocenters. The van der Waals surface area contributed by atoms with Crippen molar-refractivity contribution in [1.82, 2.24) is 9.97 Å². The van der Waals surface area contributed by atoms with Crippen LogP contribution in [0, 0.1) is 0 Å². The standard InChI is InChI=1S/C11H16ClN3O/c1-11(2)8-15(7-9(6-12)16-11)10-13-4-3-5-14-10/h3-5,9H,6-8H2,1-2H3. The fourth-order valence-corrected chi connectivity index (χ4v) is 2.14. The first-order valence-electron chi connectivity index (χ1n) is 5.36. The Kier molecular flexibility index (Phi) is 3.30. The average molecular weight is 242 g/mol. The number of morpholine rings is 1. The van der Waals surface area contributed by atoms with Crippen molar-refractivity contribution in [3.63, 3.8) is 0 Å². The van der Waals surface area contributed by atoms with E-state index in [0.29, 0.717) is 5.88 Å². The number of hydrogen-bond donors (Lipinski definition) is 0. The van der Waals surface area contributed by atoms with Gasteiger partial charge in [0.15, 0.2) is 0 Å². The molecule has 0 aliphatic carbocycles. The maximum absolute atomic E-state index is 5.87. The van der Waals surface area contributed by atoms with Crippen molar-refractivity contribution in [2.75, 3.05) is 23.9 Å². The van der Waals surface area contributed by atoms with Gasteiger partial charge in [0, 0.05) is 25.5 Å². The van der Waals surface area contributed by atoms with Gasteiger partial charge in [0.05, 0.1) is 17.6 Å². The van der Waals surface area contributed by atoms with E-state index in [1.807, 2.05) is 6.07 Å². The third-order valence-corrected chi connectivity index (χ3v) is 2.83. The summed E-state index contributed by atoms with van der Waals surface area (Å²) in [5.74, 6) is 1.24. The molecule has 0 radical (unpaired) electrons. The van der Waals surface area contributed by atoms with Crippen molar-refractivity contribution in [2.45, 2.75) is 25.6 Å². The highest BCUT2D eigenvalue weighted by atomic mass is 35.5. The van der Waals surface area contributed by atoms with Crippen molar-refractivity contribution < 1.29 is 4.74 Å². The van der Waals surface area contributed by atoms with E-state index in [4.69, 9.17) is 16.3 Å². The minimum absolute atomic E-state index is 0.0363. The number of aromatic nitrogens is 2. The highest BCUT2D eigenvalue weighted by Crippen LogP contribution is 2.23. The summed E-state index contributed by atoms with van der Waals surface area (Å²) in [6.07, 6.45) is 3.54. The van der Waals surface area contributed by atoms with Gasteiger partial charge in [-0.05, 0) is 19.9 Å². The molecule has 1 aromatic heterocycles. The van der Waals surface area contributed by atoms with Crippen molar-refractivity contribution in [1.29, 1.82) is 0 Å². The summed E-state index contributed by atoms with van der Waals surface area (Å²) >= 11 is 5.87. The Morgan fingerprint density at radius 1 is 1.50 bits per heavy atom. The van der Waals surface area contributed by atoms with E-state index in [1.54, 1.807) is 12.4 Å². The lowest BCUT2D eigenvalue weighted by Crippen LogP contribution is -2.54. The van der Waals surface area contributed by atoms with Crippen molar-refractivity contribution >= 4 is 17.5 Å². The molecule has 5 heteroatoms. The summed E-state index contributed by atoms with van der Waals surface area (Å²) in [6.45, 7) is 5.64. The van der Waals surface area contributed by atoms with E-state index in [-0.39, 0.29) is 11.7 Å². The molecule has 88 valence electrons. The monoisotopic (exact) mass is 241 g/mol. The van der Waals surface area contributed by atoms with Crippen LogP contribution in [0.1, 0.15) is 13.8 Å². The summed E-state index contributed by atoms with van der Waals surface area (Å²) in [7, 11) is 0. The van der Waals surface area contributed by atoms with E-state index in [1.165, 1.54) is 0 Å². The zero-order valence-corrected chi connectivity index (χ0v) is 10.3. The topological polar surface area (TPSA) is 38.2 Å². The molecule has 0 bridgehead atoms. The van der Waals surface area contributed by atoms with Gasteiger partial charge in [0.25, 0.3) is 0 Å². The molecular weight excluding hydrogens is 226 g/mol. The maximum atomic E-state index is 5.87. The molecular formula is C11H16ClN3O. The van der Waals surface area contributed by atoms with E-state index in [2.05, 4.69) is 28.7 Å². The highest BCUT2D eigenvalue weighted by molar-refractivity contribution is 6.18. The van der Waals surface area contributed by atoms with Gasteiger partial charge in [-0.25, -0.2) is 9.97 Å². The van der Waals surface area contributed by atoms with Gasteiger partial charge < -0.3 is 9.64 Å². The fourth-order valence-electron chi connectivity index (χ4n) is 1.98. The predicted octanol–water partition coefficient (Wildman–Crippen LogP) is 1.70. The van der Waals surface area contributed by atoms with Crippen LogP contribution >= 0.6 is 11.6 Å². The van der Waals surface area contributed by atoms with Gasteiger partial charge in [-0.3, -0.25) is 0 Å². The molecule has 0 saturated carbocycles. The molecule has 1 fully saturated rings. The quantitative estimate of drug-likeness (QED) is 0.739. The molecule has 16 heavy (non-hydrogen) atoms. The fraction of sp³-hybridized carbons (Fsp3) is 0.636. The van der Waals surface area contributed by atoms with Crippen molar-refractivity contribution in [3.8, 4) is 0 Å². The molecule has 0 spiro atoms. The molecule has 1 aromatic rings. The normalized spacial score (nSPS) is 24.4. The van der Waals surface area contributed by atoms with E-state index >= 15 is 0 Å². The van der Waals surface area contributed by atoms with Gasteiger partial charge in [-0.15, -0.1) is 11.6 Å². The summed E-state index contributed by atoms with van der Waals surface area (Å²) < 4.78 is 5.85. The molecule has 2 rings (SSSR count). The second kappa shape index (κ2) is 4.55. The second-order valence-corrected chi connectivity index (χ2v) is 4.89. The van der Waals surface area contributed by atoms with Gasteiger partial charge in [0.1, 0.15) is 0 Å². The van der Waals surface area contributed by atoms with Crippen molar-refractivity contribution in [3.05, 3.63) is 18.5 Å². The molecule has 1 aliphatic heterocycles. The molecule has 0 amide bonds. The van der Waals surface area contributed by atoms with Gasteiger partial charge in [-0.2, -0.15) is 0 Å². The number of alkyl halides is 1. The number of nitrogens with zero attached hydrogens (tertiary/aromatic N) is 3. The summed E-state index contributed by atoms with van der Waals surface area (Å²) in [5.41, 5.74) is -0.211. The van der Waals surface area contributed by atoms with E-state index in [0.717, 1.165) is 19.0 Å². The first-order valence-corrected chi connectivity index (χ1v) is 5.90. The lowest BCUT2D eigenvalue weighted by Gasteiger charge is -2.42. The van der Waals surface area contributed by atoms with E-state index in [9.17, 15) is 0 Å². The maximum Gasteiger partial charge on any atom is 0.225 e. The summed E-state index contributed by atoms with van der Waals surface area (Å²) in [6, 6.07) is 1.81. The third kappa shape index (κ3) is 2.62. The predicted molar refractivity (Wildman–Crippen MR) is 63.9 cm³/mol. The Hall–Kier alpha value is -0.870. The molecule has 1 unspecified atom stereocenters. The first kappa shape index (κ1) is 11.6.